The summed E-state index contributed by atoms with van der Waals surface area (Å²) in [6.45, 7) is 5.16. The van der Waals surface area contributed by atoms with Gasteiger partial charge in [0.25, 0.3) is 0 Å². The van der Waals surface area contributed by atoms with Crippen LogP contribution in [0.3, 0.4) is 0 Å². The minimum Gasteiger partial charge on any atom is -0.380 e. The van der Waals surface area contributed by atoms with Crippen LogP contribution in [0.2, 0.25) is 0 Å². The van der Waals surface area contributed by atoms with E-state index in [4.69, 9.17) is 4.74 Å². The summed E-state index contributed by atoms with van der Waals surface area (Å²) in [4.78, 5) is 2.17. The number of hydrogen-bond acceptors (Lipinski definition) is 3. The van der Waals surface area contributed by atoms with Crippen LogP contribution in [-0.2, 0) is 11.3 Å². The molecule has 0 radical (unpaired) electrons. The van der Waals surface area contributed by atoms with Crippen molar-refractivity contribution >= 4 is 5.69 Å². The molecule has 0 aliphatic carbocycles. The van der Waals surface area contributed by atoms with Gasteiger partial charge in [-0.1, -0.05) is 12.1 Å². The summed E-state index contributed by atoms with van der Waals surface area (Å²) in [5.74, 6) is 0. The average Bonchev–Trinajstić information content (AvgIpc) is 2.27. The van der Waals surface area contributed by atoms with Crippen molar-refractivity contribution in [3.05, 3.63) is 29.8 Å². The SMILES string of the molecule is COC(C)C(C)Nc1cccc(CN(C)C)c1. The van der Waals surface area contributed by atoms with Crippen LogP contribution in [-0.4, -0.2) is 38.3 Å². The van der Waals surface area contributed by atoms with Crippen LogP contribution in [0.4, 0.5) is 5.69 Å². The highest BCUT2D eigenvalue weighted by Crippen LogP contribution is 2.14. The number of nitrogens with one attached hydrogen (secondary N) is 1. The lowest BCUT2D eigenvalue weighted by Gasteiger charge is -2.21. The number of methoxy groups -OCH3 is 1. The van der Waals surface area contributed by atoms with Crippen molar-refractivity contribution < 1.29 is 4.74 Å². The number of ether oxygens (including phenoxy) is 1. The van der Waals surface area contributed by atoms with Crippen LogP contribution < -0.4 is 5.32 Å². The van der Waals surface area contributed by atoms with Gasteiger partial charge in [-0.2, -0.15) is 0 Å². The van der Waals surface area contributed by atoms with Crippen molar-refractivity contribution in [3.63, 3.8) is 0 Å². The van der Waals surface area contributed by atoms with E-state index in [1.807, 2.05) is 0 Å². The molecule has 17 heavy (non-hydrogen) atoms. The van der Waals surface area contributed by atoms with Gasteiger partial charge in [-0.25, -0.2) is 0 Å². The van der Waals surface area contributed by atoms with E-state index in [2.05, 4.69) is 62.4 Å². The molecule has 0 saturated heterocycles. The fourth-order valence-electron chi connectivity index (χ4n) is 1.71. The van der Waals surface area contributed by atoms with Crippen molar-refractivity contribution in [2.24, 2.45) is 0 Å². The highest BCUT2D eigenvalue weighted by molar-refractivity contribution is 5.46. The third-order valence-electron chi connectivity index (χ3n) is 2.90. The summed E-state index contributed by atoms with van der Waals surface area (Å²) in [7, 11) is 5.90. The molecule has 2 atom stereocenters. The molecule has 2 unspecified atom stereocenters. The monoisotopic (exact) mass is 236 g/mol. The maximum Gasteiger partial charge on any atom is 0.0741 e. The highest BCUT2D eigenvalue weighted by atomic mass is 16.5. The third kappa shape index (κ3) is 4.75. The largest absolute Gasteiger partial charge is 0.380 e. The Kier molecular flexibility index (Phi) is 5.45. The van der Waals surface area contributed by atoms with Crippen molar-refractivity contribution in [1.29, 1.82) is 0 Å². The molecule has 1 aromatic carbocycles. The molecular formula is C14H24N2O. The van der Waals surface area contributed by atoms with Gasteiger partial charge in [-0.15, -0.1) is 0 Å². The maximum atomic E-state index is 5.31. The zero-order valence-electron chi connectivity index (χ0n) is 11.5. The molecule has 96 valence electrons. The summed E-state index contributed by atoms with van der Waals surface area (Å²) in [6.07, 6.45) is 0.201. The Balaban J connectivity index is 2.65. The minimum atomic E-state index is 0.201. The molecule has 1 N–H and O–H groups in total. The van der Waals surface area contributed by atoms with Gasteiger partial charge >= 0.3 is 0 Å². The number of benzene rings is 1. The molecule has 0 spiro atoms. The first kappa shape index (κ1) is 14.0. The Morgan fingerprint density at radius 3 is 2.59 bits per heavy atom. The summed E-state index contributed by atoms with van der Waals surface area (Å²) >= 11 is 0. The van der Waals surface area contributed by atoms with E-state index < -0.39 is 0 Å². The molecule has 0 heterocycles. The first-order valence-corrected chi connectivity index (χ1v) is 6.06. The van der Waals surface area contributed by atoms with Gasteiger partial charge in [0.1, 0.15) is 0 Å². The van der Waals surface area contributed by atoms with Gasteiger partial charge in [0, 0.05) is 25.4 Å². The maximum absolute atomic E-state index is 5.31. The normalized spacial score (nSPS) is 14.7. The molecule has 3 heteroatoms. The van der Waals surface area contributed by atoms with Crippen LogP contribution in [0.1, 0.15) is 19.4 Å². The number of hydrogen-bond donors (Lipinski definition) is 1. The average molecular weight is 236 g/mol. The van der Waals surface area contributed by atoms with E-state index in [1.54, 1.807) is 7.11 Å². The molecule has 0 fully saturated rings. The van der Waals surface area contributed by atoms with Crippen LogP contribution in [0.15, 0.2) is 24.3 Å². The molecule has 1 rings (SSSR count). The molecule has 3 nitrogen and oxygen atoms in total. The molecule has 0 amide bonds. The molecule has 0 bridgehead atoms. The fourth-order valence-corrected chi connectivity index (χ4v) is 1.71. The predicted octanol–water partition coefficient (Wildman–Crippen LogP) is 2.58. The van der Waals surface area contributed by atoms with Crippen LogP contribution in [0.5, 0.6) is 0 Å². The first-order chi connectivity index (χ1) is 8.02. The van der Waals surface area contributed by atoms with Crippen LogP contribution in [0.25, 0.3) is 0 Å². The highest BCUT2D eigenvalue weighted by Gasteiger charge is 2.10. The molecule has 0 saturated carbocycles. The third-order valence-corrected chi connectivity index (χ3v) is 2.90. The van der Waals surface area contributed by atoms with Gasteiger partial charge in [0.05, 0.1) is 6.10 Å². The lowest BCUT2D eigenvalue weighted by molar-refractivity contribution is 0.106. The van der Waals surface area contributed by atoms with Crippen molar-refractivity contribution in [2.75, 3.05) is 26.5 Å². The Bertz CT molecular complexity index is 339. The molecule has 0 aliphatic rings. The van der Waals surface area contributed by atoms with Crippen molar-refractivity contribution in [3.8, 4) is 0 Å². The molecule has 0 aliphatic heterocycles. The molecular weight excluding hydrogens is 212 g/mol. The topological polar surface area (TPSA) is 24.5 Å². The van der Waals surface area contributed by atoms with E-state index >= 15 is 0 Å². The summed E-state index contributed by atoms with van der Waals surface area (Å²) in [6, 6.07) is 8.83. The smallest absolute Gasteiger partial charge is 0.0741 e. The Labute approximate surface area is 105 Å². The zero-order valence-corrected chi connectivity index (χ0v) is 11.5. The van der Waals surface area contributed by atoms with Gasteiger partial charge in [-0.3, -0.25) is 0 Å². The first-order valence-electron chi connectivity index (χ1n) is 6.06. The summed E-state index contributed by atoms with van der Waals surface area (Å²) < 4.78 is 5.31. The van der Waals surface area contributed by atoms with Crippen molar-refractivity contribution in [1.82, 2.24) is 4.90 Å². The second-order valence-corrected chi connectivity index (χ2v) is 4.81. The minimum absolute atomic E-state index is 0.201. The molecule has 0 aromatic heterocycles. The van der Waals surface area contributed by atoms with Crippen LogP contribution in [0, 0.1) is 0 Å². The van der Waals surface area contributed by atoms with Crippen LogP contribution >= 0.6 is 0 Å². The van der Waals surface area contributed by atoms with Gasteiger partial charge in [-0.05, 0) is 45.6 Å². The second kappa shape index (κ2) is 6.62. The quantitative estimate of drug-likeness (QED) is 0.821. The summed E-state index contributed by atoms with van der Waals surface area (Å²) in [5.41, 5.74) is 2.47. The molecule has 1 aromatic rings. The van der Waals surface area contributed by atoms with E-state index in [0.29, 0.717) is 6.04 Å². The Morgan fingerprint density at radius 2 is 2.00 bits per heavy atom. The predicted molar refractivity (Wildman–Crippen MR) is 73.4 cm³/mol. The number of anilines is 1. The lowest BCUT2D eigenvalue weighted by atomic mass is 10.1. The number of nitrogens with zero attached hydrogens (tertiary/aromatic N) is 1. The van der Waals surface area contributed by atoms with E-state index in [1.165, 1.54) is 5.56 Å². The van der Waals surface area contributed by atoms with Gasteiger partial charge in [0.2, 0.25) is 0 Å². The Hall–Kier alpha value is -1.06. The summed E-state index contributed by atoms with van der Waals surface area (Å²) in [5, 5.41) is 3.46. The van der Waals surface area contributed by atoms with E-state index in [0.717, 1.165) is 12.2 Å². The standard InChI is InChI=1S/C14H24N2O/c1-11(12(2)17-5)15-14-8-6-7-13(9-14)10-16(3)4/h6-9,11-12,15H,10H2,1-5H3. The van der Waals surface area contributed by atoms with Gasteiger partial charge < -0.3 is 15.0 Å². The van der Waals surface area contributed by atoms with E-state index in [9.17, 15) is 0 Å². The van der Waals surface area contributed by atoms with E-state index in [-0.39, 0.29) is 6.10 Å². The second-order valence-electron chi connectivity index (χ2n) is 4.81. The lowest BCUT2D eigenvalue weighted by Crippen LogP contribution is -2.29. The zero-order chi connectivity index (χ0) is 12.8. The fraction of sp³-hybridized carbons (Fsp3) is 0.571. The van der Waals surface area contributed by atoms with Crippen molar-refractivity contribution in [2.45, 2.75) is 32.5 Å². The Morgan fingerprint density at radius 1 is 1.29 bits per heavy atom. The number of rotatable bonds is 6. The van der Waals surface area contributed by atoms with Gasteiger partial charge in [0.15, 0.2) is 0 Å².